The number of hydrogen-bond acceptors (Lipinski definition) is 4. The summed E-state index contributed by atoms with van der Waals surface area (Å²) in [5.41, 5.74) is 4.82. The van der Waals surface area contributed by atoms with Gasteiger partial charge in [-0.1, -0.05) is 0 Å². The maximum atomic E-state index is 12.6. The molecule has 3 heterocycles. The third-order valence-electron chi connectivity index (χ3n) is 4.65. The predicted molar refractivity (Wildman–Crippen MR) is 88.3 cm³/mol. The lowest BCUT2D eigenvalue weighted by atomic mass is 9.92. The quantitative estimate of drug-likeness (QED) is 0.767. The molecule has 0 aliphatic heterocycles. The minimum atomic E-state index is -0.101. The predicted octanol–water partition coefficient (Wildman–Crippen LogP) is 1.66. The van der Waals surface area contributed by atoms with Crippen molar-refractivity contribution < 1.29 is 9.53 Å². The van der Waals surface area contributed by atoms with Gasteiger partial charge >= 0.3 is 0 Å². The van der Waals surface area contributed by atoms with Crippen LogP contribution in [0.3, 0.4) is 0 Å². The number of carbonyl (C=O) groups is 1. The van der Waals surface area contributed by atoms with Crippen LogP contribution >= 0.6 is 0 Å². The van der Waals surface area contributed by atoms with Gasteiger partial charge in [0.1, 0.15) is 5.75 Å². The van der Waals surface area contributed by atoms with Crippen LogP contribution in [-0.2, 0) is 12.8 Å². The number of pyridine rings is 1. The van der Waals surface area contributed by atoms with Crippen LogP contribution in [0.5, 0.6) is 5.75 Å². The van der Waals surface area contributed by atoms with Gasteiger partial charge in [-0.25, -0.2) is 4.52 Å². The third kappa shape index (κ3) is 2.42. The summed E-state index contributed by atoms with van der Waals surface area (Å²) in [7, 11) is 1.60. The fraction of sp³-hybridized carbons (Fsp3) is 0.353. The maximum absolute atomic E-state index is 12.6. The molecule has 1 atom stereocenters. The molecule has 4 rings (SSSR count). The van der Waals surface area contributed by atoms with E-state index in [1.165, 1.54) is 5.56 Å². The molecular formula is C17H19N5O2. The Balaban J connectivity index is 1.53. The topological polar surface area (TPSA) is 84.3 Å². The second-order valence-electron chi connectivity index (χ2n) is 6.14. The molecule has 2 N–H and O–H groups in total. The summed E-state index contributed by atoms with van der Waals surface area (Å²) in [5.74, 6) is 0.599. The van der Waals surface area contributed by atoms with Crippen LogP contribution in [0.25, 0.3) is 5.52 Å². The van der Waals surface area contributed by atoms with Crippen molar-refractivity contribution in [3.05, 3.63) is 47.0 Å². The van der Waals surface area contributed by atoms with E-state index in [-0.39, 0.29) is 11.9 Å². The largest absolute Gasteiger partial charge is 0.495 e. The molecule has 3 aromatic heterocycles. The average Bonchev–Trinajstić information content (AvgIpc) is 3.18. The van der Waals surface area contributed by atoms with E-state index in [2.05, 4.69) is 20.6 Å². The summed E-state index contributed by atoms with van der Waals surface area (Å²) in [6, 6.07) is 3.77. The molecule has 7 nitrogen and oxygen atoms in total. The summed E-state index contributed by atoms with van der Waals surface area (Å²) in [5, 5.41) is 14.7. The number of nitrogens with zero attached hydrogens (tertiary/aromatic N) is 3. The summed E-state index contributed by atoms with van der Waals surface area (Å²) in [6.45, 7) is 2.04. The summed E-state index contributed by atoms with van der Waals surface area (Å²) in [4.78, 5) is 12.6. The number of aryl methyl sites for hydroxylation is 1. The molecule has 1 aliphatic carbocycles. The van der Waals surface area contributed by atoms with Gasteiger partial charge in [0, 0.05) is 18.2 Å². The van der Waals surface area contributed by atoms with Gasteiger partial charge in [-0.2, -0.15) is 10.2 Å². The Morgan fingerprint density at radius 2 is 2.33 bits per heavy atom. The zero-order chi connectivity index (χ0) is 16.7. The highest BCUT2D eigenvalue weighted by atomic mass is 16.5. The number of fused-ring (bicyclic) bond motifs is 2. The van der Waals surface area contributed by atoms with Gasteiger partial charge in [0.05, 0.1) is 36.3 Å². The van der Waals surface area contributed by atoms with E-state index < -0.39 is 0 Å². The molecule has 124 valence electrons. The Kier molecular flexibility index (Phi) is 3.48. The number of rotatable bonds is 3. The Morgan fingerprint density at radius 1 is 1.46 bits per heavy atom. The lowest BCUT2D eigenvalue weighted by Gasteiger charge is -2.22. The average molecular weight is 325 g/mol. The Morgan fingerprint density at radius 3 is 3.17 bits per heavy atom. The molecule has 0 fully saturated rings. The van der Waals surface area contributed by atoms with Crippen molar-refractivity contribution >= 4 is 11.4 Å². The van der Waals surface area contributed by atoms with E-state index in [4.69, 9.17) is 4.74 Å². The van der Waals surface area contributed by atoms with Crippen molar-refractivity contribution in [1.29, 1.82) is 0 Å². The molecule has 24 heavy (non-hydrogen) atoms. The highest BCUT2D eigenvalue weighted by molar-refractivity contribution is 6.00. The molecule has 0 radical (unpaired) electrons. The highest BCUT2D eigenvalue weighted by Gasteiger charge is 2.25. The first-order valence-electron chi connectivity index (χ1n) is 8.00. The third-order valence-corrected chi connectivity index (χ3v) is 4.65. The van der Waals surface area contributed by atoms with Crippen molar-refractivity contribution in [3.63, 3.8) is 0 Å². The van der Waals surface area contributed by atoms with Crippen LogP contribution < -0.4 is 10.1 Å². The monoisotopic (exact) mass is 325 g/mol. The zero-order valence-corrected chi connectivity index (χ0v) is 13.7. The van der Waals surface area contributed by atoms with E-state index in [0.29, 0.717) is 11.3 Å². The van der Waals surface area contributed by atoms with Crippen LogP contribution in [0.1, 0.15) is 33.7 Å². The van der Waals surface area contributed by atoms with Crippen LogP contribution in [0.15, 0.2) is 24.5 Å². The van der Waals surface area contributed by atoms with Gasteiger partial charge in [0.15, 0.2) is 0 Å². The molecule has 1 aliphatic rings. The number of hydrogen-bond donors (Lipinski definition) is 2. The lowest BCUT2D eigenvalue weighted by molar-refractivity contribution is 0.0935. The number of carbonyl (C=O) groups excluding carboxylic acids is 1. The van der Waals surface area contributed by atoms with Crippen molar-refractivity contribution in [2.45, 2.75) is 32.2 Å². The smallest absolute Gasteiger partial charge is 0.255 e. The Hall–Kier alpha value is -2.83. The first kappa shape index (κ1) is 14.7. The van der Waals surface area contributed by atoms with Gasteiger partial charge < -0.3 is 10.1 Å². The molecule has 7 heteroatoms. The van der Waals surface area contributed by atoms with Crippen LogP contribution in [0.2, 0.25) is 0 Å². The van der Waals surface area contributed by atoms with Gasteiger partial charge in [-0.3, -0.25) is 9.89 Å². The molecule has 0 aromatic carbocycles. The number of methoxy groups -OCH3 is 1. The second kappa shape index (κ2) is 5.67. The number of aromatic nitrogens is 4. The van der Waals surface area contributed by atoms with E-state index in [1.54, 1.807) is 24.0 Å². The normalized spacial score (nSPS) is 16.8. The number of ether oxygens (including phenoxy) is 1. The lowest BCUT2D eigenvalue weighted by Crippen LogP contribution is -2.38. The minimum Gasteiger partial charge on any atom is -0.495 e. The first-order chi connectivity index (χ1) is 11.7. The molecule has 0 bridgehead atoms. The van der Waals surface area contributed by atoms with Gasteiger partial charge in [0.2, 0.25) is 0 Å². The molecule has 1 unspecified atom stereocenters. The number of aromatic amines is 1. The molecule has 3 aromatic rings. The van der Waals surface area contributed by atoms with E-state index in [1.807, 2.05) is 19.1 Å². The second-order valence-corrected chi connectivity index (χ2v) is 6.14. The molecule has 1 amide bonds. The Bertz CT molecular complexity index is 911. The standard InChI is InChI=1S/C17H19N5O2/c1-10-13-5-3-11(7-15(13)21-20-10)19-17(23)14-8-18-22-9-12(24-2)4-6-16(14)22/h4,6,8-9,11H,3,5,7H2,1-2H3,(H,19,23)(H,20,21). The summed E-state index contributed by atoms with van der Waals surface area (Å²) >= 11 is 0. The van der Waals surface area contributed by atoms with Gasteiger partial charge in [-0.05, 0) is 37.5 Å². The van der Waals surface area contributed by atoms with Gasteiger partial charge in [-0.15, -0.1) is 0 Å². The van der Waals surface area contributed by atoms with Crippen LogP contribution in [0.4, 0.5) is 0 Å². The van der Waals surface area contributed by atoms with Gasteiger partial charge in [0.25, 0.3) is 5.91 Å². The molecular weight excluding hydrogens is 306 g/mol. The Labute approximate surface area is 139 Å². The summed E-state index contributed by atoms with van der Waals surface area (Å²) in [6.07, 6.45) is 5.97. The minimum absolute atomic E-state index is 0.0981. The SMILES string of the molecule is COc1ccc2c(C(=O)NC3CCc4c(n[nH]c4C)C3)cnn2c1. The first-order valence-corrected chi connectivity index (χ1v) is 8.00. The van der Waals surface area contributed by atoms with Crippen LogP contribution in [-0.4, -0.2) is 38.9 Å². The summed E-state index contributed by atoms with van der Waals surface area (Å²) < 4.78 is 6.83. The van der Waals surface area contributed by atoms with Crippen molar-refractivity contribution in [3.8, 4) is 5.75 Å². The van der Waals surface area contributed by atoms with Crippen LogP contribution in [0, 0.1) is 6.92 Å². The molecule has 0 spiro atoms. The molecule has 0 saturated heterocycles. The molecule has 0 saturated carbocycles. The highest BCUT2D eigenvalue weighted by Crippen LogP contribution is 2.23. The van der Waals surface area contributed by atoms with Crippen molar-refractivity contribution in [1.82, 2.24) is 25.1 Å². The van der Waals surface area contributed by atoms with E-state index in [0.717, 1.165) is 36.2 Å². The fourth-order valence-corrected chi connectivity index (χ4v) is 3.30. The number of H-pyrrole nitrogens is 1. The maximum Gasteiger partial charge on any atom is 0.255 e. The van der Waals surface area contributed by atoms with Crippen molar-refractivity contribution in [2.24, 2.45) is 0 Å². The van der Waals surface area contributed by atoms with Crippen molar-refractivity contribution in [2.75, 3.05) is 7.11 Å². The number of amides is 1. The van der Waals surface area contributed by atoms with E-state index in [9.17, 15) is 4.79 Å². The fourth-order valence-electron chi connectivity index (χ4n) is 3.30. The number of nitrogens with one attached hydrogen (secondary N) is 2. The van der Waals surface area contributed by atoms with E-state index >= 15 is 0 Å². The zero-order valence-electron chi connectivity index (χ0n) is 13.7.